The summed E-state index contributed by atoms with van der Waals surface area (Å²) in [6.07, 6.45) is 0. The van der Waals surface area contributed by atoms with Crippen molar-refractivity contribution in [2.75, 3.05) is 5.32 Å². The zero-order valence-corrected chi connectivity index (χ0v) is 12.3. The maximum Gasteiger partial charge on any atom is 0.394 e. The molecule has 1 amide bonds. The molecule has 23 heavy (non-hydrogen) atoms. The van der Waals surface area contributed by atoms with Crippen LogP contribution in [-0.2, 0) is 9.59 Å². The summed E-state index contributed by atoms with van der Waals surface area (Å²) in [5.41, 5.74) is 2.51. The predicted molar refractivity (Wildman–Crippen MR) is 85.8 cm³/mol. The summed E-state index contributed by atoms with van der Waals surface area (Å²) in [6.45, 7) is 1.99. The third-order valence-corrected chi connectivity index (χ3v) is 3.27. The number of amides is 1. The van der Waals surface area contributed by atoms with Gasteiger partial charge in [0.2, 0.25) is 0 Å². The zero-order chi connectivity index (χ0) is 16.4. The number of carboxylic acid groups (broad SMARTS) is 1. The minimum atomic E-state index is -1.53. The van der Waals surface area contributed by atoms with Gasteiger partial charge in [0.1, 0.15) is 11.5 Å². The molecule has 1 aromatic heterocycles. The molecule has 0 aliphatic heterocycles. The van der Waals surface area contributed by atoms with Crippen LogP contribution in [0.2, 0.25) is 0 Å². The molecule has 2 aromatic carbocycles. The molecule has 3 aromatic rings. The number of benzene rings is 2. The molecule has 0 radical (unpaired) electrons. The summed E-state index contributed by atoms with van der Waals surface area (Å²) in [5, 5.41) is 11.9. The summed E-state index contributed by atoms with van der Waals surface area (Å²) >= 11 is 0. The first-order valence-corrected chi connectivity index (χ1v) is 6.93. The average Bonchev–Trinajstić information content (AvgIpc) is 2.88. The van der Waals surface area contributed by atoms with Crippen LogP contribution >= 0.6 is 0 Å². The van der Waals surface area contributed by atoms with Gasteiger partial charge in [-0.05, 0) is 55.5 Å². The highest BCUT2D eigenvalue weighted by molar-refractivity contribution is 6.36. The number of carbonyl (C=O) groups excluding carboxylic acids is 1. The Labute approximate surface area is 131 Å². The number of hydrogen-bond donors (Lipinski definition) is 3. The molecule has 0 unspecified atom stereocenters. The molecule has 0 saturated heterocycles. The van der Waals surface area contributed by atoms with E-state index in [2.05, 4.69) is 10.3 Å². The van der Waals surface area contributed by atoms with E-state index in [9.17, 15) is 9.59 Å². The van der Waals surface area contributed by atoms with Crippen LogP contribution in [0.4, 0.5) is 5.69 Å². The molecule has 3 rings (SSSR count). The van der Waals surface area contributed by atoms with Crippen LogP contribution < -0.4 is 10.1 Å². The lowest BCUT2D eigenvalue weighted by Gasteiger charge is -2.07. The molecule has 0 atom stereocenters. The quantitative estimate of drug-likeness (QED) is 0.647. The molecule has 116 valence electrons. The number of hydrogen-bond acceptors (Lipinski definition) is 3. The Hall–Kier alpha value is -3.28. The van der Waals surface area contributed by atoms with E-state index in [0.717, 1.165) is 16.6 Å². The fraction of sp³-hybridized carbons (Fsp3) is 0.0588. The fourth-order valence-electron chi connectivity index (χ4n) is 2.25. The normalized spacial score (nSPS) is 10.5. The van der Waals surface area contributed by atoms with Crippen molar-refractivity contribution in [1.82, 2.24) is 4.98 Å². The molecule has 6 nitrogen and oxygen atoms in total. The number of fused-ring (bicyclic) bond motifs is 1. The summed E-state index contributed by atoms with van der Waals surface area (Å²) in [7, 11) is 0. The molecule has 0 aliphatic carbocycles. The monoisotopic (exact) mass is 310 g/mol. The number of nitrogens with one attached hydrogen (secondary N) is 2. The molecule has 1 heterocycles. The van der Waals surface area contributed by atoms with Crippen molar-refractivity contribution in [2.45, 2.75) is 6.92 Å². The topological polar surface area (TPSA) is 91.4 Å². The van der Waals surface area contributed by atoms with Crippen LogP contribution in [0.5, 0.6) is 11.5 Å². The number of ether oxygens (including phenoxy) is 1. The highest BCUT2D eigenvalue weighted by Crippen LogP contribution is 2.26. The second kappa shape index (κ2) is 5.84. The molecular weight excluding hydrogens is 296 g/mol. The minimum absolute atomic E-state index is 0.390. The van der Waals surface area contributed by atoms with E-state index in [1.54, 1.807) is 24.3 Å². The number of aromatic amines is 1. The van der Waals surface area contributed by atoms with Crippen molar-refractivity contribution in [2.24, 2.45) is 0 Å². The Kier molecular flexibility index (Phi) is 3.72. The highest BCUT2D eigenvalue weighted by Gasteiger charge is 2.10. The molecule has 3 N–H and O–H groups in total. The maximum atomic E-state index is 11.1. The average molecular weight is 310 g/mol. The van der Waals surface area contributed by atoms with Crippen LogP contribution in [0, 0.1) is 6.92 Å². The van der Waals surface area contributed by atoms with E-state index in [0.29, 0.717) is 17.2 Å². The number of anilines is 1. The number of rotatable bonds is 3. The molecule has 0 saturated carbocycles. The van der Waals surface area contributed by atoms with Crippen LogP contribution in [0.25, 0.3) is 10.9 Å². The van der Waals surface area contributed by atoms with Gasteiger partial charge in [-0.3, -0.25) is 4.79 Å². The molecule has 6 heteroatoms. The molecule has 0 spiro atoms. The van der Waals surface area contributed by atoms with Crippen molar-refractivity contribution in [3.63, 3.8) is 0 Å². The van der Waals surface area contributed by atoms with Crippen LogP contribution in [0.1, 0.15) is 5.69 Å². The van der Waals surface area contributed by atoms with E-state index < -0.39 is 11.9 Å². The van der Waals surface area contributed by atoms with Gasteiger partial charge in [-0.1, -0.05) is 0 Å². The summed E-state index contributed by atoms with van der Waals surface area (Å²) in [4.78, 5) is 24.8. The van der Waals surface area contributed by atoms with Gasteiger partial charge in [-0.25, -0.2) is 4.79 Å². The van der Waals surface area contributed by atoms with Gasteiger partial charge in [0, 0.05) is 22.3 Å². The SMILES string of the molecule is Cc1cc2cc(Oc3ccc(NC(=O)C(=O)O)cc3)ccc2[nH]1. The molecule has 0 aliphatic rings. The van der Waals surface area contributed by atoms with Gasteiger partial charge in [-0.2, -0.15) is 0 Å². The number of aliphatic carboxylic acids is 1. The third kappa shape index (κ3) is 3.32. The third-order valence-electron chi connectivity index (χ3n) is 3.27. The smallest absolute Gasteiger partial charge is 0.394 e. The standard InChI is InChI=1S/C17H14N2O4/c1-10-8-11-9-14(6-7-15(11)18-10)23-13-4-2-12(3-5-13)19-16(20)17(21)22/h2-9,18H,1H3,(H,19,20)(H,21,22). The van der Waals surface area contributed by atoms with Crippen LogP contribution in [0.3, 0.4) is 0 Å². The van der Waals surface area contributed by atoms with Crippen LogP contribution in [-0.4, -0.2) is 22.0 Å². The van der Waals surface area contributed by atoms with Crippen LogP contribution in [0.15, 0.2) is 48.5 Å². The van der Waals surface area contributed by atoms with Crippen molar-refractivity contribution in [3.05, 3.63) is 54.2 Å². The lowest BCUT2D eigenvalue weighted by atomic mass is 10.2. The molecule has 0 bridgehead atoms. The number of carboxylic acids is 1. The fourth-order valence-corrected chi connectivity index (χ4v) is 2.25. The van der Waals surface area contributed by atoms with E-state index in [4.69, 9.17) is 9.84 Å². The van der Waals surface area contributed by atoms with Gasteiger partial charge >= 0.3 is 11.9 Å². The predicted octanol–water partition coefficient (Wildman–Crippen LogP) is 3.29. The molecule has 0 fully saturated rings. The summed E-state index contributed by atoms with van der Waals surface area (Å²) < 4.78 is 5.76. The minimum Gasteiger partial charge on any atom is -0.474 e. The summed E-state index contributed by atoms with van der Waals surface area (Å²) in [6, 6.07) is 14.2. The van der Waals surface area contributed by atoms with E-state index in [1.165, 1.54) is 0 Å². The Morgan fingerprint density at radius 2 is 1.74 bits per heavy atom. The second-order valence-corrected chi connectivity index (χ2v) is 5.09. The van der Waals surface area contributed by atoms with Crippen molar-refractivity contribution >= 4 is 28.5 Å². The van der Waals surface area contributed by atoms with E-state index in [-0.39, 0.29) is 0 Å². The van der Waals surface area contributed by atoms with Gasteiger partial charge in [0.25, 0.3) is 0 Å². The lowest BCUT2D eigenvalue weighted by molar-refractivity contribution is -0.147. The number of aromatic nitrogens is 1. The summed E-state index contributed by atoms with van der Waals surface area (Å²) in [5.74, 6) is -1.32. The Balaban J connectivity index is 1.74. The van der Waals surface area contributed by atoms with Gasteiger partial charge in [-0.15, -0.1) is 0 Å². The van der Waals surface area contributed by atoms with Crippen molar-refractivity contribution in [3.8, 4) is 11.5 Å². The van der Waals surface area contributed by atoms with Gasteiger partial charge in [0.05, 0.1) is 0 Å². The molecular formula is C17H14N2O4. The van der Waals surface area contributed by atoms with Gasteiger partial charge < -0.3 is 20.1 Å². The largest absolute Gasteiger partial charge is 0.474 e. The first kappa shape index (κ1) is 14.6. The number of aryl methyl sites for hydroxylation is 1. The highest BCUT2D eigenvalue weighted by atomic mass is 16.5. The Morgan fingerprint density at radius 1 is 1.04 bits per heavy atom. The van der Waals surface area contributed by atoms with Crippen molar-refractivity contribution < 1.29 is 19.4 Å². The lowest BCUT2D eigenvalue weighted by Crippen LogP contribution is -2.21. The number of carbonyl (C=O) groups is 2. The first-order valence-electron chi connectivity index (χ1n) is 6.93. The van der Waals surface area contributed by atoms with E-state index in [1.807, 2.05) is 31.2 Å². The number of H-pyrrole nitrogens is 1. The maximum absolute atomic E-state index is 11.1. The Morgan fingerprint density at radius 3 is 2.43 bits per heavy atom. The van der Waals surface area contributed by atoms with E-state index >= 15 is 0 Å². The first-order chi connectivity index (χ1) is 11.0. The van der Waals surface area contributed by atoms with Gasteiger partial charge in [0.15, 0.2) is 0 Å². The Bertz CT molecular complexity index is 881. The zero-order valence-electron chi connectivity index (χ0n) is 12.3. The van der Waals surface area contributed by atoms with Crippen molar-refractivity contribution in [1.29, 1.82) is 0 Å². The second-order valence-electron chi connectivity index (χ2n) is 5.09.